The van der Waals surface area contributed by atoms with Gasteiger partial charge in [0.2, 0.25) is 0 Å². The number of likely N-dealkylation sites (tertiary alicyclic amines) is 1. The topological polar surface area (TPSA) is 94.3 Å². The molecule has 1 atom stereocenters. The van der Waals surface area contributed by atoms with Crippen LogP contribution in [0.5, 0.6) is 5.75 Å². The molecular formula is C22H24N6O3S. The van der Waals surface area contributed by atoms with Crippen LogP contribution in [0.2, 0.25) is 0 Å². The Labute approximate surface area is 188 Å². The van der Waals surface area contributed by atoms with E-state index in [2.05, 4.69) is 26.3 Å². The van der Waals surface area contributed by atoms with Crippen LogP contribution in [0.1, 0.15) is 24.6 Å². The maximum Gasteiger partial charge on any atom is 0.270 e. The van der Waals surface area contributed by atoms with Gasteiger partial charge in [0.1, 0.15) is 17.1 Å². The van der Waals surface area contributed by atoms with E-state index < -0.39 is 0 Å². The maximum atomic E-state index is 12.5. The second-order valence-corrected chi connectivity index (χ2v) is 9.56. The Morgan fingerprint density at radius 3 is 2.88 bits per heavy atom. The van der Waals surface area contributed by atoms with Crippen LogP contribution in [0.25, 0.3) is 11.2 Å². The largest absolute Gasteiger partial charge is 0.480 e. The van der Waals surface area contributed by atoms with Gasteiger partial charge >= 0.3 is 0 Å². The Hall–Kier alpha value is -2.69. The zero-order valence-electron chi connectivity index (χ0n) is 17.6. The third kappa shape index (κ3) is 3.52. The summed E-state index contributed by atoms with van der Waals surface area (Å²) in [7, 11) is 0. The monoisotopic (exact) mass is 452 g/mol. The number of fused-ring (bicyclic) bond motifs is 1. The van der Waals surface area contributed by atoms with Gasteiger partial charge in [-0.25, -0.2) is 4.98 Å². The van der Waals surface area contributed by atoms with Crippen LogP contribution in [-0.4, -0.2) is 55.6 Å². The Morgan fingerprint density at radius 1 is 1.12 bits per heavy atom. The SMILES string of the molecule is O=c1ccc2ncc(=O)n3c2n1CC3CN1CCC(NCc2cc3c(cn2)OCS3)CC1. The lowest BCUT2D eigenvalue weighted by Crippen LogP contribution is -2.44. The first-order valence-electron chi connectivity index (χ1n) is 11.0. The Balaban J connectivity index is 1.07. The quantitative estimate of drug-likeness (QED) is 0.617. The highest BCUT2D eigenvalue weighted by molar-refractivity contribution is 7.99. The molecule has 6 rings (SSSR count). The Kier molecular flexibility index (Phi) is 5.00. The third-order valence-electron chi connectivity index (χ3n) is 6.62. The van der Waals surface area contributed by atoms with Crippen molar-refractivity contribution in [1.29, 1.82) is 0 Å². The van der Waals surface area contributed by atoms with Crippen molar-refractivity contribution in [2.24, 2.45) is 0 Å². The highest BCUT2D eigenvalue weighted by Crippen LogP contribution is 2.35. The second-order valence-electron chi connectivity index (χ2n) is 8.60. The molecule has 0 amide bonds. The fourth-order valence-electron chi connectivity index (χ4n) is 4.97. The van der Waals surface area contributed by atoms with Gasteiger partial charge in [-0.15, -0.1) is 0 Å². The predicted octanol–water partition coefficient (Wildman–Crippen LogP) is 1.20. The molecule has 0 saturated carbocycles. The molecule has 9 nitrogen and oxygen atoms in total. The van der Waals surface area contributed by atoms with Gasteiger partial charge in [-0.1, -0.05) is 11.8 Å². The summed E-state index contributed by atoms with van der Waals surface area (Å²) in [5, 5.41) is 3.64. The lowest BCUT2D eigenvalue weighted by Gasteiger charge is -2.34. The van der Waals surface area contributed by atoms with Crippen LogP contribution < -0.4 is 21.2 Å². The van der Waals surface area contributed by atoms with E-state index >= 15 is 0 Å². The summed E-state index contributed by atoms with van der Waals surface area (Å²) in [6, 6.07) is 5.75. The molecule has 3 aromatic heterocycles. The summed E-state index contributed by atoms with van der Waals surface area (Å²) in [6.07, 6.45) is 5.27. The average molecular weight is 453 g/mol. The van der Waals surface area contributed by atoms with E-state index in [0.717, 1.165) is 50.5 Å². The standard InChI is InChI=1S/C22H24N6O3S/c29-20-2-1-17-22-27(20)12-16(28(22)21(30)10-25-17)11-26-5-3-14(4-6-26)23-8-15-7-19-18(9-24-15)31-13-32-19/h1-2,7,9-10,14,16,23H,3-6,8,11-13H2. The van der Waals surface area contributed by atoms with Gasteiger partial charge < -0.3 is 15.0 Å². The highest BCUT2D eigenvalue weighted by atomic mass is 32.2. The molecule has 0 radical (unpaired) electrons. The minimum atomic E-state index is -0.138. The Bertz CT molecular complexity index is 1290. The number of aromatic nitrogens is 4. The van der Waals surface area contributed by atoms with Crippen LogP contribution >= 0.6 is 11.8 Å². The second kappa shape index (κ2) is 8.02. The van der Waals surface area contributed by atoms with Gasteiger partial charge in [0.05, 0.1) is 29.0 Å². The van der Waals surface area contributed by atoms with Gasteiger partial charge in [0.25, 0.3) is 11.1 Å². The summed E-state index contributed by atoms with van der Waals surface area (Å²) in [6.45, 7) is 3.97. The molecule has 0 spiro atoms. The summed E-state index contributed by atoms with van der Waals surface area (Å²) >= 11 is 1.71. The van der Waals surface area contributed by atoms with Crippen molar-refractivity contribution in [3.63, 3.8) is 0 Å². The van der Waals surface area contributed by atoms with Crippen molar-refractivity contribution in [2.45, 2.75) is 42.9 Å². The molecule has 6 heterocycles. The van der Waals surface area contributed by atoms with Crippen LogP contribution in [0.3, 0.4) is 0 Å². The summed E-state index contributed by atoms with van der Waals surface area (Å²) in [4.78, 5) is 37.1. The van der Waals surface area contributed by atoms with Crippen LogP contribution in [0.15, 0.2) is 45.1 Å². The summed E-state index contributed by atoms with van der Waals surface area (Å²) in [5.41, 5.74) is 2.17. The van der Waals surface area contributed by atoms with E-state index in [1.54, 1.807) is 27.0 Å². The van der Waals surface area contributed by atoms with Gasteiger partial charge in [-0.3, -0.25) is 23.7 Å². The molecule has 1 unspecified atom stereocenters. The third-order valence-corrected chi connectivity index (χ3v) is 7.48. The maximum absolute atomic E-state index is 12.5. The first-order chi connectivity index (χ1) is 15.7. The van der Waals surface area contributed by atoms with E-state index in [9.17, 15) is 9.59 Å². The molecule has 3 aromatic rings. The van der Waals surface area contributed by atoms with E-state index in [4.69, 9.17) is 4.74 Å². The number of nitrogens with one attached hydrogen (secondary N) is 1. The van der Waals surface area contributed by atoms with Gasteiger partial charge in [-0.05, 0) is 38.1 Å². The number of hydrogen-bond donors (Lipinski definition) is 1. The van der Waals surface area contributed by atoms with Crippen molar-refractivity contribution < 1.29 is 4.74 Å². The fraction of sp³-hybridized carbons (Fsp3) is 0.455. The smallest absolute Gasteiger partial charge is 0.270 e. The van der Waals surface area contributed by atoms with Gasteiger partial charge in [0, 0.05) is 31.7 Å². The molecule has 32 heavy (non-hydrogen) atoms. The van der Waals surface area contributed by atoms with Crippen LogP contribution in [0, 0.1) is 0 Å². The molecule has 166 valence electrons. The van der Waals surface area contributed by atoms with E-state index in [0.29, 0.717) is 29.7 Å². The van der Waals surface area contributed by atoms with Crippen molar-refractivity contribution >= 4 is 22.9 Å². The number of ether oxygens (including phenoxy) is 1. The van der Waals surface area contributed by atoms with Crippen molar-refractivity contribution in [2.75, 3.05) is 25.6 Å². The minimum Gasteiger partial charge on any atom is -0.480 e. The number of hydrogen-bond acceptors (Lipinski definition) is 8. The number of pyridine rings is 2. The minimum absolute atomic E-state index is 0.0389. The first kappa shape index (κ1) is 20.0. The molecule has 0 bridgehead atoms. The first-order valence-corrected chi connectivity index (χ1v) is 12.0. The number of thioether (sulfide) groups is 1. The molecule has 10 heteroatoms. The fourth-order valence-corrected chi connectivity index (χ4v) is 5.76. The van der Waals surface area contributed by atoms with Crippen molar-refractivity contribution in [1.82, 2.24) is 29.3 Å². The summed E-state index contributed by atoms with van der Waals surface area (Å²) < 4.78 is 8.95. The predicted molar refractivity (Wildman–Crippen MR) is 121 cm³/mol. The molecule has 0 aliphatic carbocycles. The lowest BCUT2D eigenvalue weighted by molar-refractivity contribution is 0.171. The number of piperidine rings is 1. The number of rotatable bonds is 5. The molecule has 1 fully saturated rings. The Morgan fingerprint density at radius 2 is 2.00 bits per heavy atom. The highest BCUT2D eigenvalue weighted by Gasteiger charge is 2.29. The zero-order valence-corrected chi connectivity index (χ0v) is 18.4. The average Bonchev–Trinajstić information content (AvgIpc) is 3.43. The molecule has 3 aliphatic rings. The summed E-state index contributed by atoms with van der Waals surface area (Å²) in [5.74, 6) is 1.55. The molecule has 1 saturated heterocycles. The van der Waals surface area contributed by atoms with E-state index in [-0.39, 0.29) is 17.2 Å². The van der Waals surface area contributed by atoms with Crippen molar-refractivity contribution in [3.8, 4) is 5.75 Å². The van der Waals surface area contributed by atoms with E-state index in [1.165, 1.54) is 17.2 Å². The zero-order chi connectivity index (χ0) is 21.7. The van der Waals surface area contributed by atoms with Crippen molar-refractivity contribution in [3.05, 3.63) is 57.0 Å². The molecule has 1 N–H and O–H groups in total. The van der Waals surface area contributed by atoms with Gasteiger partial charge in [0.15, 0.2) is 5.75 Å². The lowest BCUT2D eigenvalue weighted by atomic mass is 10.0. The van der Waals surface area contributed by atoms with Crippen LogP contribution in [0.4, 0.5) is 0 Å². The molecule has 3 aliphatic heterocycles. The van der Waals surface area contributed by atoms with E-state index in [1.807, 2.05) is 6.20 Å². The molecule has 0 aromatic carbocycles. The normalized spacial score (nSPS) is 20.6. The number of nitrogens with zero attached hydrogens (tertiary/aromatic N) is 5. The molecular weight excluding hydrogens is 428 g/mol. The van der Waals surface area contributed by atoms with Gasteiger partial charge in [-0.2, -0.15) is 0 Å². The van der Waals surface area contributed by atoms with Crippen LogP contribution in [-0.2, 0) is 13.1 Å².